The van der Waals surface area contributed by atoms with Crippen LogP contribution in [0.1, 0.15) is 25.3 Å². The van der Waals surface area contributed by atoms with Crippen LogP contribution in [0.5, 0.6) is 0 Å². The Bertz CT molecular complexity index is 414. The van der Waals surface area contributed by atoms with Gasteiger partial charge in [0.15, 0.2) is 0 Å². The fraction of sp³-hybridized carbons (Fsp3) is 0.462. The van der Waals surface area contributed by atoms with E-state index in [0.29, 0.717) is 11.3 Å². The Kier molecular flexibility index (Phi) is 3.09. The molecule has 0 bridgehead atoms. The van der Waals surface area contributed by atoms with Crippen molar-refractivity contribution in [1.29, 1.82) is 5.26 Å². The zero-order valence-corrected chi connectivity index (χ0v) is 9.41. The number of rotatable bonds is 1. The molecule has 1 aromatic carbocycles. The largest absolute Gasteiger partial charge is 0.369 e. The molecule has 0 aliphatic carbocycles. The molecule has 0 N–H and O–H groups in total. The van der Waals surface area contributed by atoms with Gasteiger partial charge >= 0.3 is 0 Å². The molecule has 84 valence electrons. The van der Waals surface area contributed by atoms with Gasteiger partial charge in [-0.05, 0) is 37.0 Å². The van der Waals surface area contributed by atoms with E-state index in [1.54, 1.807) is 12.1 Å². The second-order valence-electron chi connectivity index (χ2n) is 4.45. The van der Waals surface area contributed by atoms with Crippen molar-refractivity contribution >= 4 is 5.69 Å². The number of hydrogen-bond acceptors (Lipinski definition) is 2. The number of benzene rings is 1. The highest BCUT2D eigenvalue weighted by atomic mass is 19.1. The molecule has 2 nitrogen and oxygen atoms in total. The quantitative estimate of drug-likeness (QED) is 0.724. The van der Waals surface area contributed by atoms with E-state index >= 15 is 0 Å². The van der Waals surface area contributed by atoms with Crippen LogP contribution in [0.2, 0.25) is 0 Å². The van der Waals surface area contributed by atoms with Crippen molar-refractivity contribution in [3.63, 3.8) is 0 Å². The number of halogens is 1. The Balaban J connectivity index is 2.18. The first-order chi connectivity index (χ1) is 7.70. The van der Waals surface area contributed by atoms with E-state index in [1.807, 2.05) is 6.07 Å². The van der Waals surface area contributed by atoms with E-state index in [4.69, 9.17) is 5.26 Å². The summed E-state index contributed by atoms with van der Waals surface area (Å²) in [6, 6.07) is 6.65. The number of piperidine rings is 1. The highest BCUT2D eigenvalue weighted by molar-refractivity contribution is 5.51. The molecule has 0 saturated carbocycles. The van der Waals surface area contributed by atoms with Gasteiger partial charge in [-0.1, -0.05) is 6.92 Å². The monoisotopic (exact) mass is 218 g/mol. The zero-order valence-electron chi connectivity index (χ0n) is 9.41. The maximum atomic E-state index is 13.7. The van der Waals surface area contributed by atoms with Gasteiger partial charge in [-0.15, -0.1) is 0 Å². The van der Waals surface area contributed by atoms with E-state index in [0.717, 1.165) is 31.8 Å². The molecular weight excluding hydrogens is 203 g/mol. The standard InChI is InChI=1S/C13H15FN2/c1-10-4-6-16(7-5-10)13-3-2-11(9-15)8-12(13)14/h2-3,8,10H,4-7H2,1H3. The van der Waals surface area contributed by atoms with E-state index in [-0.39, 0.29) is 5.82 Å². The van der Waals surface area contributed by atoms with Crippen molar-refractivity contribution in [1.82, 2.24) is 0 Å². The molecule has 1 aliphatic rings. The van der Waals surface area contributed by atoms with Crippen LogP contribution in [0, 0.1) is 23.1 Å². The second-order valence-corrected chi connectivity index (χ2v) is 4.45. The lowest BCUT2D eigenvalue weighted by atomic mass is 9.98. The lowest BCUT2D eigenvalue weighted by Gasteiger charge is -2.32. The van der Waals surface area contributed by atoms with Gasteiger partial charge in [-0.3, -0.25) is 0 Å². The van der Waals surface area contributed by atoms with Crippen LogP contribution in [0.25, 0.3) is 0 Å². The molecule has 0 unspecified atom stereocenters. The van der Waals surface area contributed by atoms with Crippen molar-refractivity contribution in [2.24, 2.45) is 5.92 Å². The van der Waals surface area contributed by atoms with Gasteiger partial charge in [0, 0.05) is 13.1 Å². The van der Waals surface area contributed by atoms with Gasteiger partial charge in [0.2, 0.25) is 0 Å². The lowest BCUT2D eigenvalue weighted by Crippen LogP contribution is -2.33. The first-order valence-electron chi connectivity index (χ1n) is 5.65. The number of anilines is 1. The van der Waals surface area contributed by atoms with Gasteiger partial charge in [-0.2, -0.15) is 5.26 Å². The highest BCUT2D eigenvalue weighted by Crippen LogP contribution is 2.25. The Hall–Kier alpha value is -1.56. The van der Waals surface area contributed by atoms with Crippen molar-refractivity contribution in [2.75, 3.05) is 18.0 Å². The molecule has 2 rings (SSSR count). The molecule has 1 aromatic rings. The molecule has 0 amide bonds. The maximum Gasteiger partial charge on any atom is 0.147 e. The lowest BCUT2D eigenvalue weighted by molar-refractivity contribution is 0.434. The Morgan fingerprint density at radius 2 is 2.06 bits per heavy atom. The number of nitrogens with zero attached hydrogens (tertiary/aromatic N) is 2. The predicted octanol–water partition coefficient (Wildman–Crippen LogP) is 2.93. The van der Waals surface area contributed by atoms with Gasteiger partial charge in [-0.25, -0.2) is 4.39 Å². The van der Waals surface area contributed by atoms with Crippen molar-refractivity contribution in [3.8, 4) is 6.07 Å². The molecule has 1 aliphatic heterocycles. The number of hydrogen-bond donors (Lipinski definition) is 0. The molecule has 1 saturated heterocycles. The number of nitriles is 1. The summed E-state index contributed by atoms with van der Waals surface area (Å²) < 4.78 is 13.7. The summed E-state index contributed by atoms with van der Waals surface area (Å²) >= 11 is 0. The van der Waals surface area contributed by atoms with Crippen LogP contribution < -0.4 is 4.90 Å². The van der Waals surface area contributed by atoms with Gasteiger partial charge in [0.25, 0.3) is 0 Å². The normalized spacial score (nSPS) is 17.2. The summed E-state index contributed by atoms with van der Waals surface area (Å²) in [5.74, 6) is 0.450. The van der Waals surface area contributed by atoms with E-state index in [2.05, 4.69) is 11.8 Å². The molecule has 1 fully saturated rings. The SMILES string of the molecule is CC1CCN(c2ccc(C#N)cc2F)CC1. The van der Waals surface area contributed by atoms with Crippen LogP contribution in [0.3, 0.4) is 0 Å². The third-order valence-electron chi connectivity index (χ3n) is 3.20. The highest BCUT2D eigenvalue weighted by Gasteiger charge is 2.18. The molecule has 16 heavy (non-hydrogen) atoms. The van der Waals surface area contributed by atoms with Crippen LogP contribution in [0.4, 0.5) is 10.1 Å². The first kappa shape index (κ1) is 10.9. The van der Waals surface area contributed by atoms with E-state index < -0.39 is 0 Å². The van der Waals surface area contributed by atoms with E-state index in [1.165, 1.54) is 6.07 Å². The fourth-order valence-corrected chi connectivity index (χ4v) is 2.08. The molecule has 0 atom stereocenters. The molecular formula is C13H15FN2. The molecule has 3 heteroatoms. The van der Waals surface area contributed by atoms with Crippen LogP contribution in [-0.4, -0.2) is 13.1 Å². The predicted molar refractivity (Wildman–Crippen MR) is 61.7 cm³/mol. The summed E-state index contributed by atoms with van der Waals surface area (Å²) in [5, 5.41) is 8.67. The smallest absolute Gasteiger partial charge is 0.147 e. The maximum absolute atomic E-state index is 13.7. The first-order valence-corrected chi connectivity index (χ1v) is 5.65. The van der Waals surface area contributed by atoms with Crippen molar-refractivity contribution in [2.45, 2.75) is 19.8 Å². The van der Waals surface area contributed by atoms with Crippen LogP contribution in [0.15, 0.2) is 18.2 Å². The minimum absolute atomic E-state index is 0.284. The van der Waals surface area contributed by atoms with Gasteiger partial charge in [0.05, 0.1) is 17.3 Å². The minimum atomic E-state index is -0.284. The average Bonchev–Trinajstić information content (AvgIpc) is 2.30. The summed E-state index contributed by atoms with van der Waals surface area (Å²) in [6.45, 7) is 4.04. The molecule has 0 aromatic heterocycles. The van der Waals surface area contributed by atoms with Crippen molar-refractivity contribution < 1.29 is 4.39 Å². The minimum Gasteiger partial charge on any atom is -0.369 e. The van der Waals surface area contributed by atoms with Crippen LogP contribution in [-0.2, 0) is 0 Å². The third kappa shape index (κ3) is 2.16. The topological polar surface area (TPSA) is 27.0 Å². The summed E-state index contributed by atoms with van der Waals surface area (Å²) in [6.07, 6.45) is 2.22. The molecule has 0 spiro atoms. The van der Waals surface area contributed by atoms with Gasteiger partial charge in [0.1, 0.15) is 5.82 Å². The van der Waals surface area contributed by atoms with E-state index in [9.17, 15) is 4.39 Å². The summed E-state index contributed by atoms with van der Waals surface area (Å²) in [5.41, 5.74) is 1.01. The summed E-state index contributed by atoms with van der Waals surface area (Å²) in [7, 11) is 0. The molecule has 1 heterocycles. The second kappa shape index (κ2) is 4.52. The van der Waals surface area contributed by atoms with Crippen LogP contribution >= 0.6 is 0 Å². The van der Waals surface area contributed by atoms with Crippen molar-refractivity contribution in [3.05, 3.63) is 29.6 Å². The Labute approximate surface area is 95.3 Å². The Morgan fingerprint density at radius 1 is 1.38 bits per heavy atom. The summed E-state index contributed by atoms with van der Waals surface area (Å²) in [4.78, 5) is 2.07. The van der Waals surface area contributed by atoms with Gasteiger partial charge < -0.3 is 4.90 Å². The zero-order chi connectivity index (χ0) is 11.5. The Morgan fingerprint density at radius 3 is 2.62 bits per heavy atom. The fourth-order valence-electron chi connectivity index (χ4n) is 2.08. The average molecular weight is 218 g/mol. The molecule has 0 radical (unpaired) electrons. The third-order valence-corrected chi connectivity index (χ3v) is 3.20.